The Bertz CT molecular complexity index is 414. The zero-order valence-corrected chi connectivity index (χ0v) is 9.49. The molecular weight excluding hydrogens is 260 g/mol. The fourth-order valence-corrected chi connectivity index (χ4v) is 1.98. The van der Waals surface area contributed by atoms with E-state index < -0.39 is 11.9 Å². The molecule has 1 unspecified atom stereocenters. The normalized spacial score (nSPS) is 19.3. The fourth-order valence-electron chi connectivity index (χ4n) is 1.59. The van der Waals surface area contributed by atoms with Gasteiger partial charge in [-0.1, -0.05) is 34.1 Å². The van der Waals surface area contributed by atoms with Crippen LogP contribution in [0.25, 0.3) is 0 Å². The van der Waals surface area contributed by atoms with Gasteiger partial charge in [0.25, 0.3) is 0 Å². The highest BCUT2D eigenvalue weighted by atomic mass is 79.9. The maximum atomic E-state index is 11.5. The lowest BCUT2D eigenvalue weighted by atomic mass is 9.93. The molecule has 0 fully saturated rings. The van der Waals surface area contributed by atoms with Gasteiger partial charge in [-0.05, 0) is 18.1 Å². The molecule has 0 spiro atoms. The minimum atomic E-state index is -0.653. The van der Waals surface area contributed by atoms with E-state index in [0.29, 0.717) is 12.2 Å². The number of Topliss-reactive ketones (excluding diaryl/α,β-unsaturated/α-hetero) is 1. The molecule has 0 N–H and O–H groups in total. The molecule has 1 aliphatic rings. The molecule has 1 heterocycles. The number of hydrogen-bond acceptors (Lipinski definition) is 3. The number of ether oxygens (including phenoxy) is 1. The summed E-state index contributed by atoms with van der Waals surface area (Å²) >= 11 is 3.06. The second kappa shape index (κ2) is 4.14. The van der Waals surface area contributed by atoms with Crippen LogP contribution in [-0.2, 0) is 16.0 Å². The molecule has 15 heavy (non-hydrogen) atoms. The number of fused-ring (bicyclic) bond motifs is 1. The summed E-state index contributed by atoms with van der Waals surface area (Å²) < 4.78 is 5.09. The van der Waals surface area contributed by atoms with Gasteiger partial charge in [-0.3, -0.25) is 9.59 Å². The molecule has 0 saturated heterocycles. The van der Waals surface area contributed by atoms with E-state index in [0.717, 1.165) is 5.56 Å². The molecule has 1 atom stereocenters. The predicted molar refractivity (Wildman–Crippen MR) is 58.1 cm³/mol. The number of halogens is 1. The summed E-state index contributed by atoms with van der Waals surface area (Å²) in [6, 6.07) is 7.28. The number of esters is 1. The van der Waals surface area contributed by atoms with Crippen LogP contribution < -0.4 is 4.74 Å². The Morgan fingerprint density at radius 2 is 2.20 bits per heavy atom. The summed E-state index contributed by atoms with van der Waals surface area (Å²) in [5.74, 6) is -0.659. The van der Waals surface area contributed by atoms with Gasteiger partial charge in [0.15, 0.2) is 5.78 Å². The molecule has 0 bridgehead atoms. The van der Waals surface area contributed by atoms with Crippen LogP contribution in [0, 0.1) is 5.92 Å². The molecule has 0 saturated carbocycles. The smallest absolute Gasteiger partial charge is 0.322 e. The molecule has 0 amide bonds. The molecule has 4 heteroatoms. The molecule has 1 aromatic carbocycles. The fraction of sp³-hybridized carbons (Fsp3) is 0.273. The van der Waals surface area contributed by atoms with Crippen molar-refractivity contribution < 1.29 is 14.3 Å². The lowest BCUT2D eigenvalue weighted by molar-refractivity contribution is -0.144. The highest BCUT2D eigenvalue weighted by Crippen LogP contribution is 2.28. The maximum absolute atomic E-state index is 11.5. The molecule has 0 aromatic heterocycles. The Morgan fingerprint density at radius 1 is 1.47 bits per heavy atom. The molecule has 1 aliphatic heterocycles. The van der Waals surface area contributed by atoms with Gasteiger partial charge in [0.1, 0.15) is 11.7 Å². The number of rotatable bonds is 2. The van der Waals surface area contributed by atoms with Crippen LogP contribution in [0.3, 0.4) is 0 Å². The van der Waals surface area contributed by atoms with E-state index >= 15 is 0 Å². The summed E-state index contributed by atoms with van der Waals surface area (Å²) in [5, 5.41) is 0.189. The molecule has 0 aliphatic carbocycles. The minimum Gasteiger partial charge on any atom is -0.426 e. The summed E-state index contributed by atoms with van der Waals surface area (Å²) in [5.41, 5.74) is 0.913. The summed E-state index contributed by atoms with van der Waals surface area (Å²) in [6.07, 6.45) is 0.444. The van der Waals surface area contributed by atoms with Crippen molar-refractivity contribution in [2.24, 2.45) is 5.92 Å². The average molecular weight is 269 g/mol. The Morgan fingerprint density at radius 3 is 2.93 bits per heavy atom. The third-order valence-electron chi connectivity index (χ3n) is 2.41. The molecule has 78 valence electrons. The number of alkyl halides is 1. The van der Waals surface area contributed by atoms with Gasteiger partial charge >= 0.3 is 5.97 Å². The second-order valence-corrected chi connectivity index (χ2v) is 3.95. The maximum Gasteiger partial charge on any atom is 0.322 e. The SMILES string of the molecule is O=C(CBr)C1Cc2ccccc2OC1=O. The van der Waals surface area contributed by atoms with Gasteiger partial charge < -0.3 is 4.74 Å². The van der Waals surface area contributed by atoms with E-state index in [9.17, 15) is 9.59 Å². The van der Waals surface area contributed by atoms with Crippen molar-refractivity contribution in [2.45, 2.75) is 6.42 Å². The lowest BCUT2D eigenvalue weighted by Gasteiger charge is -2.21. The van der Waals surface area contributed by atoms with Gasteiger partial charge in [0, 0.05) is 0 Å². The van der Waals surface area contributed by atoms with E-state index in [-0.39, 0.29) is 11.1 Å². The van der Waals surface area contributed by atoms with E-state index in [1.54, 1.807) is 12.1 Å². The predicted octanol–water partition coefficient (Wildman–Crippen LogP) is 1.73. The minimum absolute atomic E-state index is 0.130. The lowest BCUT2D eigenvalue weighted by Crippen LogP contribution is -2.34. The van der Waals surface area contributed by atoms with Crippen molar-refractivity contribution in [1.82, 2.24) is 0 Å². The van der Waals surface area contributed by atoms with Crippen LogP contribution in [0.2, 0.25) is 0 Å². The van der Waals surface area contributed by atoms with Crippen molar-refractivity contribution >= 4 is 27.7 Å². The zero-order chi connectivity index (χ0) is 10.8. The largest absolute Gasteiger partial charge is 0.426 e. The van der Waals surface area contributed by atoms with Crippen LogP contribution in [-0.4, -0.2) is 17.1 Å². The standard InChI is InChI=1S/C11H9BrO3/c12-6-9(13)8-5-7-3-1-2-4-10(7)15-11(8)14/h1-4,8H,5-6H2. The first-order chi connectivity index (χ1) is 7.22. The molecule has 2 rings (SSSR count). The third-order valence-corrected chi connectivity index (χ3v) is 2.96. The number of ketones is 1. The van der Waals surface area contributed by atoms with E-state index in [1.807, 2.05) is 12.1 Å². The van der Waals surface area contributed by atoms with Crippen molar-refractivity contribution in [3.05, 3.63) is 29.8 Å². The van der Waals surface area contributed by atoms with E-state index in [2.05, 4.69) is 15.9 Å². The Labute approximate surface area is 95.6 Å². The van der Waals surface area contributed by atoms with Crippen molar-refractivity contribution in [1.29, 1.82) is 0 Å². The van der Waals surface area contributed by atoms with Gasteiger partial charge in [0.2, 0.25) is 0 Å². The quantitative estimate of drug-likeness (QED) is 0.355. The van der Waals surface area contributed by atoms with Crippen molar-refractivity contribution in [3.8, 4) is 5.75 Å². The van der Waals surface area contributed by atoms with Crippen LogP contribution in [0.4, 0.5) is 0 Å². The Kier molecular flexibility index (Phi) is 2.86. The van der Waals surface area contributed by atoms with E-state index in [1.165, 1.54) is 0 Å². The van der Waals surface area contributed by atoms with Crippen LogP contribution in [0.15, 0.2) is 24.3 Å². The number of carbonyl (C=O) groups is 2. The topological polar surface area (TPSA) is 43.4 Å². The van der Waals surface area contributed by atoms with Gasteiger partial charge in [-0.2, -0.15) is 0 Å². The van der Waals surface area contributed by atoms with E-state index in [4.69, 9.17) is 4.74 Å². The molecule has 0 radical (unpaired) electrons. The number of para-hydroxylation sites is 1. The molecular formula is C11H9BrO3. The number of hydrogen-bond donors (Lipinski definition) is 0. The number of carbonyl (C=O) groups excluding carboxylic acids is 2. The molecule has 1 aromatic rings. The molecule has 3 nitrogen and oxygen atoms in total. The summed E-state index contributed by atoms with van der Waals surface area (Å²) in [6.45, 7) is 0. The Balaban J connectivity index is 2.29. The van der Waals surface area contributed by atoms with Gasteiger partial charge in [-0.25, -0.2) is 0 Å². The summed E-state index contributed by atoms with van der Waals surface area (Å²) in [7, 11) is 0. The summed E-state index contributed by atoms with van der Waals surface area (Å²) in [4.78, 5) is 22.9. The van der Waals surface area contributed by atoms with Crippen molar-refractivity contribution in [3.63, 3.8) is 0 Å². The monoisotopic (exact) mass is 268 g/mol. The average Bonchev–Trinajstić information content (AvgIpc) is 2.27. The zero-order valence-electron chi connectivity index (χ0n) is 7.90. The van der Waals surface area contributed by atoms with Crippen molar-refractivity contribution in [2.75, 3.05) is 5.33 Å². The highest BCUT2D eigenvalue weighted by molar-refractivity contribution is 9.09. The van der Waals surface area contributed by atoms with Crippen LogP contribution in [0.1, 0.15) is 5.56 Å². The van der Waals surface area contributed by atoms with Crippen LogP contribution in [0.5, 0.6) is 5.75 Å². The van der Waals surface area contributed by atoms with Gasteiger partial charge in [0.05, 0.1) is 5.33 Å². The first kappa shape index (κ1) is 10.4. The third kappa shape index (κ3) is 1.95. The van der Waals surface area contributed by atoms with Gasteiger partial charge in [-0.15, -0.1) is 0 Å². The first-order valence-electron chi connectivity index (χ1n) is 4.60. The number of benzene rings is 1. The first-order valence-corrected chi connectivity index (χ1v) is 5.73. The highest BCUT2D eigenvalue weighted by Gasteiger charge is 2.32. The Hall–Kier alpha value is -1.16. The second-order valence-electron chi connectivity index (χ2n) is 3.39. The van der Waals surface area contributed by atoms with Crippen LogP contribution >= 0.6 is 15.9 Å².